The monoisotopic (exact) mass is 860 g/mol. The van der Waals surface area contributed by atoms with E-state index in [2.05, 4.69) is 158 Å². The van der Waals surface area contributed by atoms with Crippen molar-refractivity contribution >= 4 is 69.0 Å². The van der Waals surface area contributed by atoms with Crippen molar-refractivity contribution < 1.29 is 10.2 Å². The first-order valence-corrected chi connectivity index (χ1v) is 22.3. The van der Waals surface area contributed by atoms with Gasteiger partial charge >= 0.3 is 0 Å². The standard InChI is InChI=1S/C60H46N2O2.H2S/c63-59-45(35-43-23-9-13-27-49(43)57(59)55-47-25-11-7-21-41(47)31-33-51(55)39-17-3-1-4-18-39)37-61-53-29-15-16-30-54(53)62-38-46-36-44-24-10-14-28-50(44)58(60(46)64)56-48-26-12-8-22-42(48)32-34-52(56)40-19-5-2-6-20-40;/h1-14,17-28,31-38,53-54,63-64H,15-16,29-30H2;1H2/t53-,54-;/m0./s1. The van der Waals surface area contributed by atoms with Crippen molar-refractivity contribution in [2.75, 3.05) is 0 Å². The number of aromatic hydroxyl groups is 2. The molecule has 1 aliphatic rings. The van der Waals surface area contributed by atoms with Gasteiger partial charge in [0, 0.05) is 45.8 Å². The summed E-state index contributed by atoms with van der Waals surface area (Å²) >= 11 is 0. The average Bonchev–Trinajstić information content (AvgIpc) is 3.35. The summed E-state index contributed by atoms with van der Waals surface area (Å²) in [4.78, 5) is 10.5. The normalized spacial score (nSPS) is 15.3. The first kappa shape index (κ1) is 41.5. The Bertz CT molecular complexity index is 3210. The fourth-order valence-electron chi connectivity index (χ4n) is 10.0. The van der Waals surface area contributed by atoms with Gasteiger partial charge < -0.3 is 10.2 Å². The fraction of sp³-hybridized carbons (Fsp3) is 0.100. The predicted molar refractivity (Wildman–Crippen MR) is 280 cm³/mol. The van der Waals surface area contributed by atoms with Crippen molar-refractivity contribution in [3.8, 4) is 56.0 Å². The lowest BCUT2D eigenvalue weighted by Gasteiger charge is -2.26. The van der Waals surface area contributed by atoms with Crippen molar-refractivity contribution in [1.82, 2.24) is 0 Å². The third-order valence-corrected chi connectivity index (χ3v) is 13.1. The highest BCUT2D eigenvalue weighted by atomic mass is 32.1. The quantitative estimate of drug-likeness (QED) is 0.150. The van der Waals surface area contributed by atoms with Crippen molar-refractivity contribution in [1.29, 1.82) is 0 Å². The second-order valence-electron chi connectivity index (χ2n) is 16.9. The lowest BCUT2D eigenvalue weighted by atomic mass is 9.86. The smallest absolute Gasteiger partial charge is 0.132 e. The van der Waals surface area contributed by atoms with Gasteiger partial charge in [0.25, 0.3) is 0 Å². The summed E-state index contributed by atoms with van der Waals surface area (Å²) in [6.07, 6.45) is 7.60. The van der Waals surface area contributed by atoms with Crippen LogP contribution in [0.1, 0.15) is 36.8 Å². The fourth-order valence-corrected chi connectivity index (χ4v) is 10.0. The summed E-state index contributed by atoms with van der Waals surface area (Å²) in [6.45, 7) is 0. The number of aliphatic imine (C=N–C) groups is 2. The zero-order valence-corrected chi connectivity index (χ0v) is 36.9. The topological polar surface area (TPSA) is 65.2 Å². The molecule has 1 fully saturated rings. The van der Waals surface area contributed by atoms with Crippen LogP contribution in [-0.4, -0.2) is 34.7 Å². The van der Waals surface area contributed by atoms with Gasteiger partial charge in [-0.3, -0.25) is 9.98 Å². The third kappa shape index (κ3) is 7.72. The van der Waals surface area contributed by atoms with Gasteiger partial charge in [-0.05, 0) is 90.3 Å². The van der Waals surface area contributed by atoms with E-state index in [1.165, 1.54) is 0 Å². The van der Waals surface area contributed by atoms with Crippen LogP contribution in [0.3, 0.4) is 0 Å². The minimum atomic E-state index is -0.0958. The molecule has 10 aromatic rings. The Balaban J connectivity index is 0.00000498. The molecule has 0 bridgehead atoms. The Morgan fingerprint density at radius 1 is 0.369 bits per heavy atom. The van der Waals surface area contributed by atoms with E-state index >= 15 is 0 Å². The lowest BCUT2D eigenvalue weighted by Crippen LogP contribution is -2.27. The zero-order chi connectivity index (χ0) is 43.0. The van der Waals surface area contributed by atoms with Crippen molar-refractivity contribution in [3.63, 3.8) is 0 Å². The van der Waals surface area contributed by atoms with E-state index in [4.69, 9.17) is 9.98 Å². The van der Waals surface area contributed by atoms with E-state index in [0.717, 1.165) is 113 Å². The number of hydrogen-bond acceptors (Lipinski definition) is 4. The Hall–Kier alpha value is -7.47. The molecule has 2 N–H and O–H groups in total. The second kappa shape index (κ2) is 18.0. The molecule has 11 rings (SSSR count). The summed E-state index contributed by atoms with van der Waals surface area (Å²) in [5.74, 6) is 0.424. The first-order valence-electron chi connectivity index (χ1n) is 22.3. The predicted octanol–water partition coefficient (Wildman–Crippen LogP) is 15.3. The van der Waals surface area contributed by atoms with Crippen LogP contribution in [0.4, 0.5) is 0 Å². The summed E-state index contributed by atoms with van der Waals surface area (Å²) in [6, 6.07) is 66.9. The summed E-state index contributed by atoms with van der Waals surface area (Å²) in [7, 11) is 0. The van der Waals surface area contributed by atoms with Gasteiger partial charge in [-0.2, -0.15) is 13.5 Å². The molecule has 0 amide bonds. The van der Waals surface area contributed by atoms with Crippen LogP contribution < -0.4 is 0 Å². The van der Waals surface area contributed by atoms with Gasteiger partial charge in [0.1, 0.15) is 11.5 Å². The van der Waals surface area contributed by atoms with Crippen LogP contribution in [0, 0.1) is 0 Å². The molecular weight excluding hydrogens is 813 g/mol. The SMILES string of the molecule is Oc1c(C=N[C@H]2CCCC[C@@H]2N=Cc2cc3ccccc3c(-c3c(-c4ccccc4)ccc4ccccc34)c2O)cc2ccccc2c1-c1c(-c2ccccc2)ccc2ccccc12.S. The molecule has 1 saturated carbocycles. The van der Waals surface area contributed by atoms with Crippen molar-refractivity contribution in [2.24, 2.45) is 9.98 Å². The number of fused-ring (bicyclic) bond motifs is 4. The minimum Gasteiger partial charge on any atom is -0.507 e. The van der Waals surface area contributed by atoms with E-state index < -0.39 is 0 Å². The molecule has 0 saturated heterocycles. The van der Waals surface area contributed by atoms with E-state index in [0.29, 0.717) is 11.1 Å². The molecule has 5 heteroatoms. The average molecular weight is 861 g/mol. The number of rotatable bonds is 8. The maximum Gasteiger partial charge on any atom is 0.132 e. The van der Waals surface area contributed by atoms with Gasteiger partial charge in [0.15, 0.2) is 0 Å². The van der Waals surface area contributed by atoms with Crippen LogP contribution in [-0.2, 0) is 0 Å². The Morgan fingerprint density at radius 2 is 0.708 bits per heavy atom. The van der Waals surface area contributed by atoms with E-state index in [9.17, 15) is 10.2 Å². The molecule has 4 nitrogen and oxygen atoms in total. The number of benzene rings is 10. The van der Waals surface area contributed by atoms with Gasteiger partial charge in [-0.25, -0.2) is 0 Å². The number of nitrogens with zero attached hydrogens (tertiary/aromatic N) is 2. The van der Waals surface area contributed by atoms with Crippen LogP contribution in [0.2, 0.25) is 0 Å². The van der Waals surface area contributed by atoms with Gasteiger partial charge in [-0.1, -0.05) is 195 Å². The summed E-state index contributed by atoms with van der Waals surface area (Å²) in [5.41, 5.74) is 9.27. The number of phenolic OH excluding ortho intramolecular Hbond substituents is 2. The molecule has 0 heterocycles. The third-order valence-electron chi connectivity index (χ3n) is 13.1. The zero-order valence-electron chi connectivity index (χ0n) is 35.9. The first-order chi connectivity index (χ1) is 31.6. The van der Waals surface area contributed by atoms with Crippen molar-refractivity contribution in [2.45, 2.75) is 37.8 Å². The highest BCUT2D eigenvalue weighted by Crippen LogP contribution is 2.48. The molecule has 0 radical (unpaired) electrons. The molecule has 1 aliphatic carbocycles. The second-order valence-corrected chi connectivity index (χ2v) is 16.9. The van der Waals surface area contributed by atoms with Gasteiger partial charge in [0.2, 0.25) is 0 Å². The molecule has 0 spiro atoms. The molecule has 0 unspecified atom stereocenters. The molecule has 316 valence electrons. The Kier molecular flexibility index (Phi) is 11.5. The Labute approximate surface area is 386 Å². The lowest BCUT2D eigenvalue weighted by molar-refractivity contribution is 0.390. The van der Waals surface area contributed by atoms with Crippen LogP contribution in [0.5, 0.6) is 11.5 Å². The maximum atomic E-state index is 12.5. The van der Waals surface area contributed by atoms with E-state index in [1.807, 2.05) is 48.8 Å². The molecule has 0 aliphatic heterocycles. The largest absolute Gasteiger partial charge is 0.507 e. The van der Waals surface area contributed by atoms with Crippen LogP contribution >= 0.6 is 13.5 Å². The highest BCUT2D eigenvalue weighted by Gasteiger charge is 2.26. The van der Waals surface area contributed by atoms with E-state index in [1.54, 1.807) is 0 Å². The van der Waals surface area contributed by atoms with E-state index in [-0.39, 0.29) is 37.1 Å². The van der Waals surface area contributed by atoms with Crippen LogP contribution in [0.15, 0.2) is 204 Å². The summed E-state index contributed by atoms with van der Waals surface area (Å²) in [5, 5.41) is 33.4. The minimum absolute atomic E-state index is 0. The van der Waals surface area contributed by atoms with Crippen molar-refractivity contribution in [3.05, 3.63) is 205 Å². The Morgan fingerprint density at radius 3 is 1.11 bits per heavy atom. The molecular formula is C60H48N2O2S. The highest BCUT2D eigenvalue weighted by molar-refractivity contribution is 7.59. The van der Waals surface area contributed by atoms with Gasteiger partial charge in [-0.15, -0.1) is 0 Å². The molecule has 10 aromatic carbocycles. The molecule has 0 aromatic heterocycles. The van der Waals surface area contributed by atoms with Gasteiger partial charge in [0.05, 0.1) is 12.1 Å². The molecule has 2 atom stereocenters. The van der Waals surface area contributed by atoms with Crippen LogP contribution in [0.25, 0.3) is 87.6 Å². The maximum absolute atomic E-state index is 12.5. The number of phenols is 2. The molecule has 65 heavy (non-hydrogen) atoms. The number of hydrogen-bond donors (Lipinski definition) is 2. The summed E-state index contributed by atoms with van der Waals surface area (Å²) < 4.78 is 0.